The maximum absolute atomic E-state index is 13.7. The molecule has 1 heterocycles. The molecule has 3 rings (SSSR count). The van der Waals surface area contributed by atoms with E-state index in [1.165, 1.54) is 23.1 Å². The monoisotopic (exact) mass is 468 g/mol. The Morgan fingerprint density at radius 1 is 1.12 bits per heavy atom. The lowest BCUT2D eigenvalue weighted by Crippen LogP contribution is -2.48. The van der Waals surface area contributed by atoms with E-state index in [0.29, 0.717) is 29.1 Å². The zero-order chi connectivity index (χ0) is 24.8. The Morgan fingerprint density at radius 2 is 1.79 bits per heavy atom. The van der Waals surface area contributed by atoms with Crippen LogP contribution in [0.4, 0.5) is 25.4 Å². The second-order valence-electron chi connectivity index (χ2n) is 8.17. The molecule has 180 valence electrons. The largest absolute Gasteiger partial charge is 0.459 e. The van der Waals surface area contributed by atoms with E-state index in [1.54, 1.807) is 51.1 Å². The summed E-state index contributed by atoms with van der Waals surface area (Å²) in [5, 5.41) is 7.97. The molecule has 0 spiro atoms. The highest BCUT2D eigenvalue weighted by molar-refractivity contribution is 6.00. The van der Waals surface area contributed by atoms with Gasteiger partial charge in [-0.1, -0.05) is 31.2 Å². The van der Waals surface area contributed by atoms with Gasteiger partial charge in [-0.15, -0.1) is 0 Å². The number of urea groups is 2. The fraction of sp³-hybridized carbons (Fsp3) is 0.320. The van der Waals surface area contributed by atoms with Crippen molar-refractivity contribution in [3.05, 3.63) is 71.2 Å². The molecule has 0 bridgehead atoms. The number of benzene rings is 2. The number of para-hydroxylation sites is 1. The van der Waals surface area contributed by atoms with Gasteiger partial charge in [-0.2, -0.15) is 0 Å². The zero-order valence-electron chi connectivity index (χ0n) is 19.6. The number of allylic oxidation sites excluding steroid dienone is 1. The van der Waals surface area contributed by atoms with Crippen molar-refractivity contribution in [1.29, 1.82) is 0 Å². The topological polar surface area (TPSA) is 99.8 Å². The summed E-state index contributed by atoms with van der Waals surface area (Å²) >= 11 is 0. The fourth-order valence-electron chi connectivity index (χ4n) is 3.67. The van der Waals surface area contributed by atoms with Crippen molar-refractivity contribution in [1.82, 2.24) is 10.2 Å². The van der Waals surface area contributed by atoms with Crippen LogP contribution in [-0.2, 0) is 9.53 Å². The zero-order valence-corrected chi connectivity index (χ0v) is 19.6. The van der Waals surface area contributed by atoms with Crippen LogP contribution >= 0.6 is 0 Å². The third kappa shape index (κ3) is 5.72. The van der Waals surface area contributed by atoms with E-state index in [-0.39, 0.29) is 17.8 Å². The van der Waals surface area contributed by atoms with Gasteiger partial charge in [-0.3, -0.25) is 4.90 Å². The second kappa shape index (κ2) is 10.8. The first-order chi connectivity index (χ1) is 16.2. The number of anilines is 2. The van der Waals surface area contributed by atoms with Crippen molar-refractivity contribution < 1.29 is 23.5 Å². The van der Waals surface area contributed by atoms with Gasteiger partial charge in [0.1, 0.15) is 5.82 Å². The lowest BCUT2D eigenvalue weighted by molar-refractivity contribution is -0.143. The van der Waals surface area contributed by atoms with Crippen LogP contribution in [0.5, 0.6) is 0 Å². The molecule has 0 aliphatic carbocycles. The molecule has 0 aromatic heterocycles. The summed E-state index contributed by atoms with van der Waals surface area (Å²) in [5.74, 6) is -1.04. The van der Waals surface area contributed by atoms with Crippen molar-refractivity contribution in [2.75, 3.05) is 17.2 Å². The van der Waals surface area contributed by atoms with E-state index >= 15 is 0 Å². The van der Waals surface area contributed by atoms with Crippen molar-refractivity contribution in [3.63, 3.8) is 0 Å². The summed E-state index contributed by atoms with van der Waals surface area (Å²) in [6, 6.07) is 10.9. The van der Waals surface area contributed by atoms with Gasteiger partial charge in [0, 0.05) is 17.9 Å². The first-order valence-corrected chi connectivity index (χ1v) is 11.1. The second-order valence-corrected chi connectivity index (χ2v) is 8.17. The van der Waals surface area contributed by atoms with E-state index in [1.807, 2.05) is 6.92 Å². The average Bonchev–Trinajstić information content (AvgIpc) is 2.77. The predicted octanol–water partition coefficient (Wildman–Crippen LogP) is 5.17. The minimum atomic E-state index is -0.701. The summed E-state index contributed by atoms with van der Waals surface area (Å²) in [7, 11) is 0. The average molecular weight is 469 g/mol. The standard InChI is InChI=1S/C25H29FN4O4/c1-5-14-30-16(4)21(23(31)34-15(2)3)22(29-25(30)33)17-10-12-18(13-11-17)27-24(32)28-20-9-7-6-8-19(20)26/h6-13,15,22H,5,14H2,1-4H3,(H,29,33)(H2,27,28,32). The first kappa shape index (κ1) is 24.8. The molecule has 1 unspecified atom stereocenters. The molecule has 0 radical (unpaired) electrons. The van der Waals surface area contributed by atoms with Gasteiger partial charge in [0.15, 0.2) is 0 Å². The van der Waals surface area contributed by atoms with E-state index in [4.69, 9.17) is 4.74 Å². The number of ether oxygens (including phenoxy) is 1. The maximum atomic E-state index is 13.7. The van der Waals surface area contributed by atoms with Crippen LogP contribution in [0, 0.1) is 5.82 Å². The lowest BCUT2D eigenvalue weighted by atomic mass is 9.94. The molecule has 9 heteroatoms. The number of halogens is 1. The molecule has 4 amide bonds. The lowest BCUT2D eigenvalue weighted by Gasteiger charge is -2.35. The van der Waals surface area contributed by atoms with Crippen LogP contribution in [0.3, 0.4) is 0 Å². The highest BCUT2D eigenvalue weighted by atomic mass is 19.1. The number of esters is 1. The van der Waals surface area contributed by atoms with E-state index in [2.05, 4.69) is 16.0 Å². The van der Waals surface area contributed by atoms with Crippen molar-refractivity contribution in [3.8, 4) is 0 Å². The summed E-state index contributed by atoms with van der Waals surface area (Å²) in [6.07, 6.45) is 0.419. The van der Waals surface area contributed by atoms with Crippen LogP contribution in [0.2, 0.25) is 0 Å². The highest BCUT2D eigenvalue weighted by Gasteiger charge is 2.36. The summed E-state index contributed by atoms with van der Waals surface area (Å²) in [6.45, 7) is 7.69. The van der Waals surface area contributed by atoms with Crippen molar-refractivity contribution >= 4 is 29.4 Å². The van der Waals surface area contributed by atoms with E-state index < -0.39 is 23.9 Å². The van der Waals surface area contributed by atoms with Crippen LogP contribution in [-0.4, -0.2) is 35.6 Å². The quantitative estimate of drug-likeness (QED) is 0.488. The van der Waals surface area contributed by atoms with Gasteiger partial charge in [0.05, 0.1) is 23.4 Å². The molecule has 1 aliphatic rings. The van der Waals surface area contributed by atoms with Gasteiger partial charge in [0.2, 0.25) is 0 Å². The Hall–Kier alpha value is -3.88. The van der Waals surface area contributed by atoms with Gasteiger partial charge < -0.3 is 20.7 Å². The minimum absolute atomic E-state index is 0.0621. The van der Waals surface area contributed by atoms with Crippen molar-refractivity contribution in [2.45, 2.75) is 46.3 Å². The van der Waals surface area contributed by atoms with Gasteiger partial charge >= 0.3 is 18.0 Å². The summed E-state index contributed by atoms with van der Waals surface area (Å²) < 4.78 is 19.2. The number of nitrogens with zero attached hydrogens (tertiary/aromatic N) is 1. The Balaban J connectivity index is 1.81. The molecule has 1 atom stereocenters. The maximum Gasteiger partial charge on any atom is 0.338 e. The number of carbonyl (C=O) groups excluding carboxylic acids is 3. The molecule has 2 aromatic rings. The molecule has 3 N–H and O–H groups in total. The number of nitrogens with one attached hydrogen (secondary N) is 3. The third-order valence-electron chi connectivity index (χ3n) is 5.23. The predicted molar refractivity (Wildman–Crippen MR) is 128 cm³/mol. The molecule has 1 aliphatic heterocycles. The van der Waals surface area contributed by atoms with Crippen molar-refractivity contribution in [2.24, 2.45) is 0 Å². The number of hydrogen-bond acceptors (Lipinski definition) is 4. The van der Waals surface area contributed by atoms with Gasteiger partial charge in [-0.05, 0) is 57.0 Å². The number of hydrogen-bond donors (Lipinski definition) is 3. The normalized spacial score (nSPS) is 15.8. The number of rotatable bonds is 7. The summed E-state index contributed by atoms with van der Waals surface area (Å²) in [4.78, 5) is 39.4. The fourth-order valence-corrected chi connectivity index (χ4v) is 3.67. The molecule has 0 fully saturated rings. The highest BCUT2D eigenvalue weighted by Crippen LogP contribution is 2.32. The third-order valence-corrected chi connectivity index (χ3v) is 5.23. The molecule has 0 saturated heterocycles. The molecule has 0 saturated carbocycles. The van der Waals surface area contributed by atoms with E-state index in [0.717, 1.165) is 6.42 Å². The Labute approximate surface area is 198 Å². The number of carbonyl (C=O) groups is 3. The molecular formula is C25H29FN4O4. The molecule has 34 heavy (non-hydrogen) atoms. The van der Waals surface area contributed by atoms with E-state index in [9.17, 15) is 18.8 Å². The smallest absolute Gasteiger partial charge is 0.338 e. The van der Waals surface area contributed by atoms with Crippen LogP contribution in [0.25, 0.3) is 0 Å². The van der Waals surface area contributed by atoms with Crippen LogP contribution in [0.15, 0.2) is 59.8 Å². The van der Waals surface area contributed by atoms with Crippen LogP contribution < -0.4 is 16.0 Å². The molecule has 8 nitrogen and oxygen atoms in total. The molecular weight excluding hydrogens is 439 g/mol. The van der Waals surface area contributed by atoms with Gasteiger partial charge in [-0.25, -0.2) is 18.8 Å². The Morgan fingerprint density at radius 3 is 2.41 bits per heavy atom. The SMILES string of the molecule is CCCN1C(=O)NC(c2ccc(NC(=O)Nc3ccccc3F)cc2)C(C(=O)OC(C)C)=C1C. The first-order valence-electron chi connectivity index (χ1n) is 11.1. The Kier molecular flexibility index (Phi) is 7.88. The Bertz CT molecular complexity index is 1100. The summed E-state index contributed by atoms with van der Waals surface area (Å²) in [5.41, 5.74) is 2.08. The number of amides is 4. The molecule has 2 aromatic carbocycles. The van der Waals surface area contributed by atoms with Crippen LogP contribution in [0.1, 0.15) is 45.7 Å². The minimum Gasteiger partial charge on any atom is -0.459 e. The van der Waals surface area contributed by atoms with Gasteiger partial charge in [0.25, 0.3) is 0 Å².